The number of hydrogen-bond acceptors (Lipinski definition) is 4. The van der Waals surface area contributed by atoms with Gasteiger partial charge in [-0.2, -0.15) is 0 Å². The van der Waals surface area contributed by atoms with E-state index in [-0.39, 0.29) is 17.0 Å². The van der Waals surface area contributed by atoms with Crippen LogP contribution >= 0.6 is 15.9 Å². The first-order valence-electron chi connectivity index (χ1n) is 5.67. The van der Waals surface area contributed by atoms with Crippen LogP contribution in [0.3, 0.4) is 0 Å². The molecule has 0 aliphatic rings. The summed E-state index contributed by atoms with van der Waals surface area (Å²) in [6.07, 6.45) is -0.812. The van der Waals surface area contributed by atoms with Gasteiger partial charge in [0.2, 0.25) is 5.91 Å². The zero-order valence-electron chi connectivity index (χ0n) is 11.0. The van der Waals surface area contributed by atoms with Crippen LogP contribution in [0.1, 0.15) is 20.8 Å². The summed E-state index contributed by atoms with van der Waals surface area (Å²) < 4.78 is 10.1. The molecule has 0 spiro atoms. The molecule has 1 aromatic rings. The summed E-state index contributed by atoms with van der Waals surface area (Å²) in [7, 11) is 0. The summed E-state index contributed by atoms with van der Waals surface area (Å²) in [5, 5.41) is 2.77. The number of benzene rings is 1. The van der Waals surface area contributed by atoms with Crippen molar-refractivity contribution < 1.29 is 19.1 Å². The summed E-state index contributed by atoms with van der Waals surface area (Å²) in [5.74, 6) is 0.00582. The van der Waals surface area contributed by atoms with Gasteiger partial charge in [-0.3, -0.25) is 4.79 Å². The first kappa shape index (κ1) is 15.5. The second kappa shape index (κ2) is 6.56. The molecule has 0 heterocycles. The molecule has 0 aromatic heterocycles. The molecule has 0 atom stereocenters. The number of ether oxygens (including phenoxy) is 2. The molecule has 19 heavy (non-hydrogen) atoms. The molecule has 1 aromatic carbocycles. The van der Waals surface area contributed by atoms with Gasteiger partial charge < -0.3 is 14.8 Å². The number of halogens is 1. The van der Waals surface area contributed by atoms with Crippen molar-refractivity contribution >= 4 is 33.7 Å². The quantitative estimate of drug-likeness (QED) is 0.524. The van der Waals surface area contributed by atoms with Crippen LogP contribution in [0.5, 0.6) is 5.75 Å². The van der Waals surface area contributed by atoms with Crippen LogP contribution in [0, 0.1) is 0 Å². The second-order valence-corrected chi connectivity index (χ2v) is 5.31. The molecule has 0 bridgehead atoms. The highest BCUT2D eigenvalue weighted by Gasteiger charge is 2.19. The van der Waals surface area contributed by atoms with Crippen molar-refractivity contribution in [1.29, 1.82) is 0 Å². The Balaban J connectivity index is 2.78. The first-order chi connectivity index (χ1) is 8.81. The molecule has 6 heteroatoms. The van der Waals surface area contributed by atoms with Crippen molar-refractivity contribution in [2.75, 3.05) is 10.6 Å². The predicted octanol–water partition coefficient (Wildman–Crippen LogP) is 3.33. The molecule has 1 rings (SSSR count). The summed E-state index contributed by atoms with van der Waals surface area (Å²) >= 11 is 3.04. The summed E-state index contributed by atoms with van der Waals surface area (Å²) in [6.45, 7) is 5.23. The van der Waals surface area contributed by atoms with E-state index in [4.69, 9.17) is 9.47 Å². The molecular weight excluding hydrogens is 314 g/mol. The fourth-order valence-corrected chi connectivity index (χ4v) is 1.34. The molecule has 0 radical (unpaired) electrons. The fraction of sp³-hybridized carbons (Fsp3) is 0.385. The highest BCUT2D eigenvalue weighted by Crippen LogP contribution is 2.24. The number of carbonyl (C=O) groups is 2. The minimum atomic E-state index is -0.812. The van der Waals surface area contributed by atoms with Crippen LogP contribution in [-0.4, -0.2) is 23.0 Å². The zero-order chi connectivity index (χ0) is 14.5. The molecule has 0 aliphatic carbocycles. The summed E-state index contributed by atoms with van der Waals surface area (Å²) in [4.78, 5) is 22.9. The smallest absolute Gasteiger partial charge is 0.428 e. The maximum absolute atomic E-state index is 11.6. The Morgan fingerprint density at radius 1 is 1.26 bits per heavy atom. The van der Waals surface area contributed by atoms with E-state index in [0.29, 0.717) is 5.69 Å². The molecule has 0 saturated heterocycles. The lowest BCUT2D eigenvalue weighted by molar-refractivity contribution is -0.113. The van der Waals surface area contributed by atoms with Crippen molar-refractivity contribution in [3.8, 4) is 5.75 Å². The maximum Gasteiger partial charge on any atom is 0.514 e. The molecule has 1 amide bonds. The van der Waals surface area contributed by atoms with Gasteiger partial charge in [0.1, 0.15) is 5.60 Å². The number of nitrogens with one attached hydrogen (secondary N) is 1. The SMILES string of the molecule is CC(C)(C)OC(=O)Oc1ccccc1NC(=O)CBr. The van der Waals surface area contributed by atoms with Gasteiger partial charge in [-0.05, 0) is 32.9 Å². The monoisotopic (exact) mass is 329 g/mol. The lowest BCUT2D eigenvalue weighted by Crippen LogP contribution is -2.26. The van der Waals surface area contributed by atoms with Crippen LogP contribution in [0.25, 0.3) is 0 Å². The summed E-state index contributed by atoms with van der Waals surface area (Å²) in [5.41, 5.74) is -0.219. The molecule has 1 N–H and O–H groups in total. The highest BCUT2D eigenvalue weighted by atomic mass is 79.9. The van der Waals surface area contributed by atoms with E-state index in [1.165, 1.54) is 0 Å². The Bertz CT molecular complexity index is 468. The van der Waals surface area contributed by atoms with Crippen LogP contribution < -0.4 is 10.1 Å². The molecule has 0 fully saturated rings. The van der Waals surface area contributed by atoms with Crippen LogP contribution in [0.4, 0.5) is 10.5 Å². The number of amides is 1. The number of hydrogen-bond donors (Lipinski definition) is 1. The zero-order valence-corrected chi connectivity index (χ0v) is 12.6. The van der Waals surface area contributed by atoms with E-state index in [0.717, 1.165) is 0 Å². The third-order valence-electron chi connectivity index (χ3n) is 1.87. The number of rotatable bonds is 3. The van der Waals surface area contributed by atoms with Gasteiger partial charge in [0, 0.05) is 0 Å². The van der Waals surface area contributed by atoms with Gasteiger partial charge in [0.05, 0.1) is 11.0 Å². The molecular formula is C13H16BrNO4. The normalized spacial score (nSPS) is 10.7. The lowest BCUT2D eigenvalue weighted by atomic mass is 10.2. The van der Waals surface area contributed by atoms with Gasteiger partial charge >= 0.3 is 6.16 Å². The van der Waals surface area contributed by atoms with Crippen LogP contribution in [0.2, 0.25) is 0 Å². The van der Waals surface area contributed by atoms with E-state index < -0.39 is 11.8 Å². The van der Waals surface area contributed by atoms with E-state index in [9.17, 15) is 9.59 Å². The lowest BCUT2D eigenvalue weighted by Gasteiger charge is -2.19. The van der Waals surface area contributed by atoms with Crippen molar-refractivity contribution in [1.82, 2.24) is 0 Å². The minimum Gasteiger partial charge on any atom is -0.428 e. The highest BCUT2D eigenvalue weighted by molar-refractivity contribution is 9.09. The van der Waals surface area contributed by atoms with Gasteiger partial charge in [0.15, 0.2) is 5.75 Å². The van der Waals surface area contributed by atoms with Crippen molar-refractivity contribution in [3.63, 3.8) is 0 Å². The maximum atomic E-state index is 11.6. The molecule has 5 nitrogen and oxygen atoms in total. The number of alkyl halides is 1. The second-order valence-electron chi connectivity index (χ2n) is 4.74. The predicted molar refractivity (Wildman–Crippen MR) is 75.7 cm³/mol. The van der Waals surface area contributed by atoms with E-state index in [2.05, 4.69) is 21.2 Å². The van der Waals surface area contributed by atoms with E-state index in [1.54, 1.807) is 45.0 Å². The Labute approximate surface area is 120 Å². The first-order valence-corrected chi connectivity index (χ1v) is 6.79. The van der Waals surface area contributed by atoms with Crippen molar-refractivity contribution in [2.24, 2.45) is 0 Å². The Morgan fingerprint density at radius 2 is 1.89 bits per heavy atom. The molecule has 0 saturated carbocycles. The minimum absolute atomic E-state index is 0.160. The van der Waals surface area contributed by atoms with Gasteiger partial charge in [-0.1, -0.05) is 28.1 Å². The number of para-hydroxylation sites is 2. The van der Waals surface area contributed by atoms with Gasteiger partial charge in [0.25, 0.3) is 0 Å². The summed E-state index contributed by atoms with van der Waals surface area (Å²) in [6, 6.07) is 6.64. The average molecular weight is 330 g/mol. The third-order valence-corrected chi connectivity index (χ3v) is 2.37. The van der Waals surface area contributed by atoms with Crippen molar-refractivity contribution in [3.05, 3.63) is 24.3 Å². The van der Waals surface area contributed by atoms with Crippen LogP contribution in [-0.2, 0) is 9.53 Å². The molecule has 0 unspecified atom stereocenters. The van der Waals surface area contributed by atoms with E-state index in [1.807, 2.05) is 0 Å². The topological polar surface area (TPSA) is 64.6 Å². The molecule has 104 valence electrons. The van der Waals surface area contributed by atoms with Crippen LogP contribution in [0.15, 0.2) is 24.3 Å². The third kappa shape index (κ3) is 5.74. The average Bonchev–Trinajstić information content (AvgIpc) is 2.29. The van der Waals surface area contributed by atoms with Gasteiger partial charge in [-0.15, -0.1) is 0 Å². The Hall–Kier alpha value is -1.56. The fourth-order valence-electron chi connectivity index (χ4n) is 1.20. The number of anilines is 1. The Kier molecular flexibility index (Phi) is 5.35. The van der Waals surface area contributed by atoms with Crippen molar-refractivity contribution in [2.45, 2.75) is 26.4 Å². The van der Waals surface area contributed by atoms with E-state index >= 15 is 0 Å². The number of carbonyl (C=O) groups excluding carboxylic acids is 2. The van der Waals surface area contributed by atoms with Gasteiger partial charge in [-0.25, -0.2) is 4.79 Å². The standard InChI is InChI=1S/C13H16BrNO4/c1-13(2,3)19-12(17)18-10-7-5-4-6-9(10)15-11(16)8-14/h4-7H,8H2,1-3H3,(H,15,16). The molecule has 0 aliphatic heterocycles. The largest absolute Gasteiger partial charge is 0.514 e. The Morgan fingerprint density at radius 3 is 2.47 bits per heavy atom.